The summed E-state index contributed by atoms with van der Waals surface area (Å²) >= 11 is 0. The van der Waals surface area contributed by atoms with E-state index in [-0.39, 0.29) is 5.41 Å². The van der Waals surface area contributed by atoms with E-state index in [1.807, 2.05) is 12.2 Å². The van der Waals surface area contributed by atoms with Crippen molar-refractivity contribution >= 4 is 11.1 Å². The van der Waals surface area contributed by atoms with E-state index in [0.717, 1.165) is 0 Å². The summed E-state index contributed by atoms with van der Waals surface area (Å²) in [6.45, 7) is 12.6. The Balaban J connectivity index is 2.24. The van der Waals surface area contributed by atoms with Crippen LogP contribution in [-0.4, -0.2) is 0 Å². The second-order valence-electron chi connectivity index (χ2n) is 6.62. The van der Waals surface area contributed by atoms with Gasteiger partial charge in [-0.25, -0.2) is 0 Å². The van der Waals surface area contributed by atoms with Crippen LogP contribution in [0.3, 0.4) is 0 Å². The molecule has 0 aliphatic heterocycles. The van der Waals surface area contributed by atoms with E-state index in [9.17, 15) is 0 Å². The van der Waals surface area contributed by atoms with Gasteiger partial charge in [0.2, 0.25) is 0 Å². The summed E-state index contributed by atoms with van der Waals surface area (Å²) in [6.07, 6.45) is 8.39. The van der Waals surface area contributed by atoms with Gasteiger partial charge in [0.05, 0.1) is 5.41 Å². The molecule has 0 radical (unpaired) electrons. The maximum absolute atomic E-state index is 4.20. The van der Waals surface area contributed by atoms with Crippen molar-refractivity contribution in [1.82, 2.24) is 0 Å². The van der Waals surface area contributed by atoms with Crippen molar-refractivity contribution in [2.45, 2.75) is 19.3 Å². The summed E-state index contributed by atoms with van der Waals surface area (Å²) in [4.78, 5) is 0. The van der Waals surface area contributed by atoms with E-state index in [1.54, 1.807) is 0 Å². The topological polar surface area (TPSA) is 0 Å². The first-order valence-corrected chi connectivity index (χ1v) is 8.75. The van der Waals surface area contributed by atoms with Crippen molar-refractivity contribution in [1.29, 1.82) is 0 Å². The number of hydrogen-bond donors (Lipinski definition) is 0. The molecule has 0 saturated heterocycles. The lowest BCUT2D eigenvalue weighted by molar-refractivity contribution is 0.779. The van der Waals surface area contributed by atoms with Crippen LogP contribution in [-0.2, 0) is 5.41 Å². The second-order valence-corrected chi connectivity index (χ2v) is 6.62. The highest BCUT2D eigenvalue weighted by molar-refractivity contribution is 5.97. The molecule has 1 atom stereocenters. The highest BCUT2D eigenvalue weighted by atomic mass is 14.5. The number of fused-ring (bicyclic) bond motifs is 4. The van der Waals surface area contributed by atoms with E-state index in [4.69, 9.17) is 0 Å². The molecule has 0 nitrogen and oxygen atoms in total. The Hall–Kier alpha value is -2.86. The summed E-state index contributed by atoms with van der Waals surface area (Å²) in [5, 5.41) is 0. The molecule has 25 heavy (non-hydrogen) atoms. The van der Waals surface area contributed by atoms with Crippen LogP contribution in [0.1, 0.15) is 36.1 Å². The molecule has 122 valence electrons. The average molecular weight is 322 g/mol. The first-order chi connectivity index (χ1) is 12.2. The van der Waals surface area contributed by atoms with Crippen molar-refractivity contribution in [2.75, 3.05) is 0 Å². The summed E-state index contributed by atoms with van der Waals surface area (Å²) in [5.74, 6) is 0. The molecule has 0 bridgehead atoms. The molecule has 0 heteroatoms. The van der Waals surface area contributed by atoms with Crippen LogP contribution in [0.5, 0.6) is 0 Å². The van der Waals surface area contributed by atoms with Gasteiger partial charge >= 0.3 is 0 Å². The predicted molar refractivity (Wildman–Crippen MR) is 108 cm³/mol. The van der Waals surface area contributed by atoms with Crippen LogP contribution < -0.4 is 0 Å². The minimum atomic E-state index is -0.296. The zero-order chi connectivity index (χ0) is 17.6. The van der Waals surface area contributed by atoms with Gasteiger partial charge in [-0.15, -0.1) is 0 Å². The van der Waals surface area contributed by atoms with Gasteiger partial charge < -0.3 is 0 Å². The Morgan fingerprint density at radius 2 is 1.36 bits per heavy atom. The quantitative estimate of drug-likeness (QED) is 0.607. The van der Waals surface area contributed by atoms with Crippen LogP contribution in [0.15, 0.2) is 97.1 Å². The maximum Gasteiger partial charge on any atom is 0.0721 e. The van der Waals surface area contributed by atoms with Gasteiger partial charge in [-0.1, -0.05) is 86.0 Å². The van der Waals surface area contributed by atoms with Gasteiger partial charge in [0.1, 0.15) is 0 Å². The molecule has 2 aromatic carbocycles. The van der Waals surface area contributed by atoms with Crippen LogP contribution in [0.2, 0.25) is 0 Å². The van der Waals surface area contributed by atoms with Gasteiger partial charge in [-0.05, 0) is 58.4 Å². The molecule has 2 aromatic rings. The smallest absolute Gasteiger partial charge is 0.0721 e. The molecule has 2 aliphatic rings. The number of benzene rings is 2. The Bertz CT molecular complexity index is 994. The van der Waals surface area contributed by atoms with Crippen LogP contribution in [0, 0.1) is 0 Å². The third-order valence-electron chi connectivity index (χ3n) is 5.60. The molecule has 0 heterocycles. The Labute approximate surface area is 150 Å². The molecule has 0 saturated carbocycles. The lowest BCUT2D eigenvalue weighted by Gasteiger charge is -2.32. The third-order valence-corrected chi connectivity index (χ3v) is 5.60. The summed E-state index contributed by atoms with van der Waals surface area (Å²) in [7, 11) is 0. The van der Waals surface area contributed by atoms with Crippen molar-refractivity contribution in [3.05, 3.63) is 119 Å². The summed E-state index contributed by atoms with van der Waals surface area (Å²) in [5.41, 5.74) is 10.1. The monoisotopic (exact) mass is 322 g/mol. The van der Waals surface area contributed by atoms with Crippen molar-refractivity contribution in [2.24, 2.45) is 0 Å². The lowest BCUT2D eigenvalue weighted by atomic mass is 9.68. The molecular weight excluding hydrogens is 300 g/mol. The zero-order valence-electron chi connectivity index (χ0n) is 14.8. The SMILES string of the molecule is C=CC1=C(C)c2ccccc2C12C(C=C)=C(/C=C\C)c1ccccc12. The average Bonchev–Trinajstić information content (AvgIpc) is 3.07. The number of rotatable bonds is 3. The fraction of sp³-hybridized carbons (Fsp3) is 0.120. The highest BCUT2D eigenvalue weighted by Crippen LogP contribution is 2.61. The minimum Gasteiger partial charge on any atom is -0.0987 e. The minimum absolute atomic E-state index is 0.296. The van der Waals surface area contributed by atoms with E-state index in [0.29, 0.717) is 0 Å². The van der Waals surface area contributed by atoms with E-state index < -0.39 is 0 Å². The van der Waals surface area contributed by atoms with E-state index in [1.165, 1.54) is 44.5 Å². The first-order valence-electron chi connectivity index (χ1n) is 8.75. The van der Waals surface area contributed by atoms with Crippen molar-refractivity contribution in [3.63, 3.8) is 0 Å². The molecular formula is C25H22. The summed E-state index contributed by atoms with van der Waals surface area (Å²) in [6, 6.07) is 17.5. The predicted octanol–water partition coefficient (Wildman–Crippen LogP) is 6.48. The van der Waals surface area contributed by atoms with Gasteiger partial charge in [0.25, 0.3) is 0 Å². The molecule has 0 fully saturated rings. The standard InChI is InChI=1S/C25H22/c1-5-12-19-20-14-9-11-16-24(20)25(22(19)7-3)21(6-2)17(4)18-13-8-10-15-23(18)25/h5-16H,2-3H2,1,4H3/b12-5-. The Kier molecular flexibility index (Phi) is 3.51. The Morgan fingerprint density at radius 3 is 1.96 bits per heavy atom. The number of hydrogen-bond acceptors (Lipinski definition) is 0. The normalized spacial score (nSPS) is 21.2. The zero-order valence-corrected chi connectivity index (χ0v) is 14.8. The maximum atomic E-state index is 4.20. The van der Waals surface area contributed by atoms with Crippen LogP contribution in [0.25, 0.3) is 11.1 Å². The molecule has 4 rings (SSSR count). The molecule has 1 unspecified atom stereocenters. The van der Waals surface area contributed by atoms with Crippen molar-refractivity contribution < 1.29 is 0 Å². The molecule has 0 N–H and O–H groups in total. The molecule has 0 aromatic heterocycles. The second kappa shape index (κ2) is 5.60. The van der Waals surface area contributed by atoms with Gasteiger partial charge in [-0.2, -0.15) is 0 Å². The van der Waals surface area contributed by atoms with Crippen LogP contribution in [0.4, 0.5) is 0 Å². The van der Waals surface area contributed by atoms with E-state index in [2.05, 4.69) is 87.7 Å². The highest BCUT2D eigenvalue weighted by Gasteiger charge is 2.51. The fourth-order valence-corrected chi connectivity index (χ4v) is 4.74. The van der Waals surface area contributed by atoms with E-state index >= 15 is 0 Å². The van der Waals surface area contributed by atoms with Gasteiger partial charge in [0.15, 0.2) is 0 Å². The first kappa shape index (κ1) is 15.7. The fourth-order valence-electron chi connectivity index (χ4n) is 4.74. The third kappa shape index (κ3) is 1.77. The van der Waals surface area contributed by atoms with Gasteiger partial charge in [0, 0.05) is 0 Å². The van der Waals surface area contributed by atoms with Crippen LogP contribution >= 0.6 is 0 Å². The van der Waals surface area contributed by atoms with Crippen molar-refractivity contribution in [3.8, 4) is 0 Å². The van der Waals surface area contributed by atoms with Gasteiger partial charge in [-0.3, -0.25) is 0 Å². The largest absolute Gasteiger partial charge is 0.0987 e. The Morgan fingerprint density at radius 1 is 0.800 bits per heavy atom. The molecule has 2 aliphatic carbocycles. The number of allylic oxidation sites excluding steroid dienone is 8. The molecule has 0 amide bonds. The molecule has 1 spiro atoms. The lowest BCUT2D eigenvalue weighted by Crippen LogP contribution is -2.27. The summed E-state index contributed by atoms with van der Waals surface area (Å²) < 4.78 is 0.